The van der Waals surface area contributed by atoms with Crippen molar-refractivity contribution in [2.24, 2.45) is 0 Å². The molecule has 0 aromatic carbocycles. The van der Waals surface area contributed by atoms with E-state index in [1.807, 2.05) is 0 Å². The molecule has 0 saturated heterocycles. The molecule has 0 bridgehead atoms. The smallest absolute Gasteiger partial charge is 0.316 e. The highest BCUT2D eigenvalue weighted by atomic mass is 16.4. The molecule has 0 radical (unpaired) electrons. The van der Waals surface area contributed by atoms with Gasteiger partial charge in [0.1, 0.15) is 0 Å². The van der Waals surface area contributed by atoms with Crippen molar-refractivity contribution in [1.82, 2.24) is 20.9 Å². The van der Waals surface area contributed by atoms with Crippen LogP contribution < -0.4 is 16.0 Å². The lowest BCUT2D eigenvalue weighted by Gasteiger charge is -2.14. The summed E-state index contributed by atoms with van der Waals surface area (Å²) in [6.07, 6.45) is -0.134. The van der Waals surface area contributed by atoms with Crippen LogP contribution in [0.1, 0.15) is 13.3 Å². The summed E-state index contributed by atoms with van der Waals surface area (Å²) in [5.74, 6) is -0.971. The predicted octanol–water partition coefficient (Wildman–Crippen LogP) is -0.580. The standard InChI is InChI=1S/C10H20N4O4/c1-7(6-8(15)16)13-9(17)11-4-5-12-10(18)14(2)3/h7H,4-6H2,1-3H3,(H,12,18)(H,15,16)(H2,11,13,17). The number of nitrogens with one attached hydrogen (secondary N) is 3. The Morgan fingerprint density at radius 1 is 1.17 bits per heavy atom. The quantitative estimate of drug-likeness (QED) is 0.479. The second-order valence-electron chi connectivity index (χ2n) is 4.03. The molecule has 0 saturated carbocycles. The number of nitrogens with zero attached hydrogens (tertiary/aromatic N) is 1. The van der Waals surface area contributed by atoms with Gasteiger partial charge in [0, 0.05) is 33.2 Å². The molecule has 8 heteroatoms. The van der Waals surface area contributed by atoms with Crippen molar-refractivity contribution in [3.63, 3.8) is 0 Å². The number of rotatable bonds is 6. The van der Waals surface area contributed by atoms with Gasteiger partial charge in [0.05, 0.1) is 6.42 Å². The van der Waals surface area contributed by atoms with Crippen molar-refractivity contribution < 1.29 is 19.5 Å². The van der Waals surface area contributed by atoms with E-state index in [2.05, 4.69) is 16.0 Å². The Morgan fingerprint density at radius 2 is 1.72 bits per heavy atom. The zero-order chi connectivity index (χ0) is 14.1. The Hall–Kier alpha value is -1.99. The molecule has 1 unspecified atom stereocenters. The topological polar surface area (TPSA) is 111 Å². The first-order valence-electron chi connectivity index (χ1n) is 5.54. The van der Waals surface area contributed by atoms with Crippen molar-refractivity contribution in [2.45, 2.75) is 19.4 Å². The van der Waals surface area contributed by atoms with Gasteiger partial charge in [-0.2, -0.15) is 0 Å². The number of carboxylic acid groups (broad SMARTS) is 1. The van der Waals surface area contributed by atoms with Gasteiger partial charge in [-0.3, -0.25) is 4.79 Å². The number of amides is 4. The Kier molecular flexibility index (Phi) is 7.25. The van der Waals surface area contributed by atoms with Crippen LogP contribution >= 0.6 is 0 Å². The van der Waals surface area contributed by atoms with Crippen molar-refractivity contribution in [3.8, 4) is 0 Å². The van der Waals surface area contributed by atoms with Gasteiger partial charge in [0.25, 0.3) is 0 Å². The number of carbonyl (C=O) groups is 3. The van der Waals surface area contributed by atoms with Gasteiger partial charge >= 0.3 is 18.0 Å². The summed E-state index contributed by atoms with van der Waals surface area (Å²) < 4.78 is 0. The van der Waals surface area contributed by atoms with E-state index in [4.69, 9.17) is 5.11 Å². The van der Waals surface area contributed by atoms with E-state index in [9.17, 15) is 14.4 Å². The fourth-order valence-electron chi connectivity index (χ4n) is 1.09. The van der Waals surface area contributed by atoms with Crippen LogP contribution in [-0.4, -0.2) is 61.3 Å². The Balaban J connectivity index is 3.65. The maximum absolute atomic E-state index is 11.3. The van der Waals surface area contributed by atoms with Crippen LogP contribution in [0, 0.1) is 0 Å². The van der Waals surface area contributed by atoms with E-state index in [0.29, 0.717) is 6.54 Å². The molecule has 0 aromatic heterocycles. The van der Waals surface area contributed by atoms with Gasteiger partial charge < -0.3 is 26.0 Å². The molecule has 0 aliphatic carbocycles. The van der Waals surface area contributed by atoms with E-state index in [1.165, 1.54) is 4.90 Å². The van der Waals surface area contributed by atoms with Crippen molar-refractivity contribution in [1.29, 1.82) is 0 Å². The third-order valence-corrected chi connectivity index (χ3v) is 1.95. The highest BCUT2D eigenvalue weighted by Gasteiger charge is 2.10. The Bertz CT molecular complexity index is 306. The van der Waals surface area contributed by atoms with Gasteiger partial charge in [-0.05, 0) is 6.92 Å². The van der Waals surface area contributed by atoms with Gasteiger partial charge in [-0.15, -0.1) is 0 Å². The molecule has 8 nitrogen and oxygen atoms in total. The summed E-state index contributed by atoms with van der Waals surface area (Å²) >= 11 is 0. The minimum atomic E-state index is -0.971. The molecule has 0 rings (SSSR count). The summed E-state index contributed by atoms with van der Waals surface area (Å²) in [5.41, 5.74) is 0. The molecule has 0 fully saturated rings. The number of aliphatic carboxylic acids is 1. The zero-order valence-corrected chi connectivity index (χ0v) is 10.8. The first kappa shape index (κ1) is 16.0. The molecular weight excluding hydrogens is 240 g/mol. The van der Waals surface area contributed by atoms with Crippen LogP contribution in [0.3, 0.4) is 0 Å². The van der Waals surface area contributed by atoms with Crippen molar-refractivity contribution in [3.05, 3.63) is 0 Å². The van der Waals surface area contributed by atoms with Crippen LogP contribution in [0.25, 0.3) is 0 Å². The lowest BCUT2D eigenvalue weighted by Crippen LogP contribution is -2.45. The highest BCUT2D eigenvalue weighted by Crippen LogP contribution is 1.89. The fraction of sp³-hybridized carbons (Fsp3) is 0.700. The van der Waals surface area contributed by atoms with Gasteiger partial charge in [-0.1, -0.05) is 0 Å². The molecule has 4 amide bonds. The van der Waals surface area contributed by atoms with E-state index < -0.39 is 18.0 Å². The zero-order valence-electron chi connectivity index (χ0n) is 10.8. The van der Waals surface area contributed by atoms with Gasteiger partial charge in [0.15, 0.2) is 0 Å². The molecule has 0 aliphatic heterocycles. The Morgan fingerprint density at radius 3 is 2.22 bits per heavy atom. The lowest BCUT2D eigenvalue weighted by atomic mass is 10.2. The van der Waals surface area contributed by atoms with Crippen LogP contribution in [0.2, 0.25) is 0 Å². The molecule has 0 heterocycles. The fourth-order valence-corrected chi connectivity index (χ4v) is 1.09. The summed E-state index contributed by atoms with van der Waals surface area (Å²) in [6.45, 7) is 2.17. The first-order valence-corrected chi connectivity index (χ1v) is 5.54. The molecule has 1 atom stereocenters. The SMILES string of the molecule is CC(CC(=O)O)NC(=O)NCCNC(=O)N(C)C. The number of carbonyl (C=O) groups excluding carboxylic acids is 2. The Labute approximate surface area is 106 Å². The third kappa shape index (κ3) is 8.20. The van der Waals surface area contributed by atoms with E-state index in [1.54, 1.807) is 21.0 Å². The van der Waals surface area contributed by atoms with Gasteiger partial charge in [0.2, 0.25) is 0 Å². The van der Waals surface area contributed by atoms with Crippen LogP contribution in [0.15, 0.2) is 0 Å². The number of urea groups is 2. The molecule has 0 aromatic rings. The average Bonchev–Trinajstić information content (AvgIpc) is 2.22. The summed E-state index contributed by atoms with van der Waals surface area (Å²) in [7, 11) is 3.23. The highest BCUT2D eigenvalue weighted by molar-refractivity contribution is 5.76. The van der Waals surface area contributed by atoms with Crippen molar-refractivity contribution in [2.75, 3.05) is 27.2 Å². The number of hydrogen-bond donors (Lipinski definition) is 4. The maximum Gasteiger partial charge on any atom is 0.316 e. The molecule has 0 spiro atoms. The summed E-state index contributed by atoms with van der Waals surface area (Å²) in [4.78, 5) is 34.1. The lowest BCUT2D eigenvalue weighted by molar-refractivity contribution is -0.137. The second-order valence-corrected chi connectivity index (χ2v) is 4.03. The van der Waals surface area contributed by atoms with Crippen LogP contribution in [0.5, 0.6) is 0 Å². The molecular formula is C10H20N4O4. The van der Waals surface area contributed by atoms with E-state index in [0.717, 1.165) is 0 Å². The molecule has 18 heavy (non-hydrogen) atoms. The minimum Gasteiger partial charge on any atom is -0.481 e. The summed E-state index contributed by atoms with van der Waals surface area (Å²) in [5, 5.41) is 16.0. The van der Waals surface area contributed by atoms with Crippen LogP contribution in [-0.2, 0) is 4.79 Å². The van der Waals surface area contributed by atoms with E-state index in [-0.39, 0.29) is 19.0 Å². The first-order chi connectivity index (χ1) is 8.32. The largest absolute Gasteiger partial charge is 0.481 e. The predicted molar refractivity (Wildman–Crippen MR) is 65.3 cm³/mol. The molecule has 104 valence electrons. The number of hydrogen-bond acceptors (Lipinski definition) is 3. The molecule has 0 aliphatic rings. The van der Waals surface area contributed by atoms with E-state index >= 15 is 0 Å². The second kappa shape index (κ2) is 8.15. The monoisotopic (exact) mass is 260 g/mol. The maximum atomic E-state index is 11.3. The average molecular weight is 260 g/mol. The third-order valence-electron chi connectivity index (χ3n) is 1.95. The van der Waals surface area contributed by atoms with Gasteiger partial charge in [-0.25, -0.2) is 9.59 Å². The molecule has 4 N–H and O–H groups in total. The number of carboxylic acids is 1. The van der Waals surface area contributed by atoms with Crippen LogP contribution in [0.4, 0.5) is 9.59 Å². The normalized spacial score (nSPS) is 11.3. The summed E-state index contributed by atoms with van der Waals surface area (Å²) in [6, 6.07) is -1.14. The minimum absolute atomic E-state index is 0.134. The van der Waals surface area contributed by atoms with Crippen molar-refractivity contribution >= 4 is 18.0 Å².